The minimum Gasteiger partial charge on any atom is -0.476 e. The van der Waals surface area contributed by atoms with Crippen LogP contribution in [0.2, 0.25) is 0 Å². The van der Waals surface area contributed by atoms with Crippen LogP contribution in [0, 0.1) is 10.1 Å². The fraction of sp³-hybridized carbons (Fsp3) is 0.300. The van der Waals surface area contributed by atoms with Crippen molar-refractivity contribution in [2.24, 2.45) is 0 Å². The van der Waals surface area contributed by atoms with E-state index in [0.29, 0.717) is 6.54 Å². The Labute approximate surface area is 107 Å². The first-order valence-electron chi connectivity index (χ1n) is 5.47. The second kappa shape index (κ2) is 4.88. The molecule has 0 amide bonds. The van der Waals surface area contributed by atoms with Gasteiger partial charge in [-0.2, -0.15) is 10.2 Å². The monoisotopic (exact) mass is 265 g/mol. The zero-order valence-corrected chi connectivity index (χ0v) is 10.1. The summed E-state index contributed by atoms with van der Waals surface area (Å²) in [6.07, 6.45) is 4.48. The standard InChI is InChI=1S/C10H11N5O4/c1-2-13-4-7(3-11-13)5-14-6-8(15(18)19)9(12-14)10(16)17/h3-4,6H,2,5H2,1H3,(H,16,17). The highest BCUT2D eigenvalue weighted by atomic mass is 16.6. The molecule has 0 aliphatic carbocycles. The molecular weight excluding hydrogens is 254 g/mol. The molecule has 9 heteroatoms. The minimum absolute atomic E-state index is 0.230. The second-order valence-corrected chi connectivity index (χ2v) is 3.83. The maximum absolute atomic E-state index is 10.8. The molecule has 0 spiro atoms. The first-order chi connectivity index (χ1) is 9.01. The van der Waals surface area contributed by atoms with Gasteiger partial charge in [0.2, 0.25) is 5.69 Å². The Balaban J connectivity index is 2.28. The van der Waals surface area contributed by atoms with Gasteiger partial charge < -0.3 is 5.11 Å². The molecule has 2 aromatic rings. The topological polar surface area (TPSA) is 116 Å². The molecule has 0 atom stereocenters. The van der Waals surface area contributed by atoms with Gasteiger partial charge in [-0.1, -0.05) is 0 Å². The van der Waals surface area contributed by atoms with Gasteiger partial charge in [0.25, 0.3) is 0 Å². The molecule has 100 valence electrons. The van der Waals surface area contributed by atoms with E-state index >= 15 is 0 Å². The van der Waals surface area contributed by atoms with Crippen LogP contribution in [-0.4, -0.2) is 35.6 Å². The summed E-state index contributed by atoms with van der Waals surface area (Å²) >= 11 is 0. The number of carboxylic acids is 1. The van der Waals surface area contributed by atoms with Gasteiger partial charge >= 0.3 is 11.7 Å². The molecule has 0 unspecified atom stereocenters. The number of nitro groups is 1. The summed E-state index contributed by atoms with van der Waals surface area (Å²) in [7, 11) is 0. The molecule has 0 saturated heterocycles. The lowest BCUT2D eigenvalue weighted by atomic mass is 10.3. The zero-order chi connectivity index (χ0) is 14.0. The maximum Gasteiger partial charge on any atom is 0.363 e. The van der Waals surface area contributed by atoms with Crippen molar-refractivity contribution >= 4 is 11.7 Å². The average molecular weight is 265 g/mol. The van der Waals surface area contributed by atoms with E-state index in [4.69, 9.17) is 5.11 Å². The summed E-state index contributed by atoms with van der Waals surface area (Å²) in [4.78, 5) is 20.8. The Morgan fingerprint density at radius 3 is 2.68 bits per heavy atom. The molecule has 1 N–H and O–H groups in total. The number of carbonyl (C=O) groups is 1. The lowest BCUT2D eigenvalue weighted by Gasteiger charge is -1.96. The number of nitrogens with zero attached hydrogens (tertiary/aromatic N) is 5. The molecule has 2 heterocycles. The molecule has 9 nitrogen and oxygen atoms in total. The van der Waals surface area contributed by atoms with Crippen molar-refractivity contribution in [2.75, 3.05) is 0 Å². The van der Waals surface area contributed by atoms with Crippen LogP contribution in [-0.2, 0) is 13.1 Å². The molecule has 0 fully saturated rings. The molecule has 0 radical (unpaired) electrons. The van der Waals surface area contributed by atoms with Crippen molar-refractivity contribution in [3.8, 4) is 0 Å². The summed E-state index contributed by atoms with van der Waals surface area (Å²) < 4.78 is 2.92. The van der Waals surface area contributed by atoms with E-state index in [2.05, 4.69) is 10.2 Å². The lowest BCUT2D eigenvalue weighted by Crippen LogP contribution is -2.04. The van der Waals surface area contributed by atoms with Gasteiger partial charge in [0, 0.05) is 18.3 Å². The molecule has 0 aliphatic heterocycles. The van der Waals surface area contributed by atoms with Crippen LogP contribution in [0.3, 0.4) is 0 Å². The van der Waals surface area contributed by atoms with Crippen LogP contribution in [0.25, 0.3) is 0 Å². The highest BCUT2D eigenvalue weighted by molar-refractivity contribution is 5.89. The predicted octanol–water partition coefficient (Wildman–Crippen LogP) is 0.754. The SMILES string of the molecule is CCn1cc(Cn2cc([N+](=O)[O-])c(C(=O)O)n2)cn1. The second-order valence-electron chi connectivity index (χ2n) is 3.83. The summed E-state index contributed by atoms with van der Waals surface area (Å²) in [5.74, 6) is -1.42. The zero-order valence-electron chi connectivity index (χ0n) is 10.1. The first kappa shape index (κ1) is 12.7. The smallest absolute Gasteiger partial charge is 0.363 e. The number of aromatic carboxylic acids is 1. The number of hydrogen-bond donors (Lipinski definition) is 1. The van der Waals surface area contributed by atoms with E-state index in [1.807, 2.05) is 6.92 Å². The van der Waals surface area contributed by atoms with Crippen LogP contribution in [0.5, 0.6) is 0 Å². The largest absolute Gasteiger partial charge is 0.476 e. The van der Waals surface area contributed by atoms with Crippen LogP contribution < -0.4 is 0 Å². The van der Waals surface area contributed by atoms with Crippen LogP contribution >= 0.6 is 0 Å². The highest BCUT2D eigenvalue weighted by Crippen LogP contribution is 2.17. The van der Waals surface area contributed by atoms with E-state index in [-0.39, 0.29) is 6.54 Å². The molecule has 0 aromatic carbocycles. The van der Waals surface area contributed by atoms with E-state index < -0.39 is 22.3 Å². The average Bonchev–Trinajstić information content (AvgIpc) is 2.96. The fourth-order valence-electron chi connectivity index (χ4n) is 1.63. The number of rotatable bonds is 5. The van der Waals surface area contributed by atoms with E-state index in [9.17, 15) is 14.9 Å². The van der Waals surface area contributed by atoms with Crippen molar-refractivity contribution in [1.29, 1.82) is 0 Å². The Kier molecular flexibility index (Phi) is 3.27. The van der Waals surface area contributed by atoms with Gasteiger partial charge in [-0.3, -0.25) is 19.5 Å². The molecular formula is C10H11N5O4. The van der Waals surface area contributed by atoms with E-state index in [1.165, 1.54) is 4.68 Å². The Hall–Kier alpha value is -2.71. The third-order valence-electron chi connectivity index (χ3n) is 2.50. The molecule has 19 heavy (non-hydrogen) atoms. The normalized spacial score (nSPS) is 10.6. The number of aryl methyl sites for hydroxylation is 1. The van der Waals surface area contributed by atoms with Crippen molar-refractivity contribution in [3.05, 3.63) is 40.0 Å². The van der Waals surface area contributed by atoms with Crippen molar-refractivity contribution < 1.29 is 14.8 Å². The lowest BCUT2D eigenvalue weighted by molar-refractivity contribution is -0.385. The predicted molar refractivity (Wildman–Crippen MR) is 62.8 cm³/mol. The van der Waals surface area contributed by atoms with E-state index in [1.54, 1.807) is 17.1 Å². The van der Waals surface area contributed by atoms with Crippen molar-refractivity contribution in [3.63, 3.8) is 0 Å². The highest BCUT2D eigenvalue weighted by Gasteiger charge is 2.25. The molecule has 2 aromatic heterocycles. The quantitative estimate of drug-likeness (QED) is 0.630. The van der Waals surface area contributed by atoms with Crippen molar-refractivity contribution in [2.45, 2.75) is 20.0 Å². The molecule has 2 rings (SSSR count). The fourth-order valence-corrected chi connectivity index (χ4v) is 1.63. The van der Waals surface area contributed by atoms with Crippen LogP contribution in [0.1, 0.15) is 23.0 Å². The third kappa shape index (κ3) is 2.59. The molecule has 0 saturated carbocycles. The van der Waals surface area contributed by atoms with Crippen LogP contribution in [0.4, 0.5) is 5.69 Å². The Bertz CT molecular complexity index is 598. The van der Waals surface area contributed by atoms with Gasteiger partial charge in [-0.15, -0.1) is 0 Å². The Morgan fingerprint density at radius 1 is 1.47 bits per heavy atom. The summed E-state index contributed by atoms with van der Waals surface area (Å²) in [5.41, 5.74) is -0.292. The number of hydrogen-bond acceptors (Lipinski definition) is 5. The van der Waals surface area contributed by atoms with Gasteiger partial charge in [0.1, 0.15) is 6.20 Å². The third-order valence-corrected chi connectivity index (χ3v) is 2.50. The van der Waals surface area contributed by atoms with Gasteiger partial charge in [0.15, 0.2) is 0 Å². The summed E-state index contributed by atoms with van der Waals surface area (Å²) in [6, 6.07) is 0. The maximum atomic E-state index is 10.8. The van der Waals surface area contributed by atoms with Gasteiger partial charge in [-0.25, -0.2) is 4.79 Å². The first-order valence-corrected chi connectivity index (χ1v) is 5.47. The van der Waals surface area contributed by atoms with Gasteiger partial charge in [-0.05, 0) is 6.92 Å². The summed E-state index contributed by atoms with van der Waals surface area (Å²) in [6.45, 7) is 2.87. The molecule has 0 aliphatic rings. The Morgan fingerprint density at radius 2 is 2.21 bits per heavy atom. The minimum atomic E-state index is -1.42. The molecule has 0 bridgehead atoms. The van der Waals surface area contributed by atoms with Crippen LogP contribution in [0.15, 0.2) is 18.6 Å². The van der Waals surface area contributed by atoms with Crippen molar-refractivity contribution in [1.82, 2.24) is 19.6 Å². The number of aromatic nitrogens is 4. The van der Waals surface area contributed by atoms with Gasteiger partial charge in [0.05, 0.1) is 17.7 Å². The summed E-state index contributed by atoms with van der Waals surface area (Å²) in [5, 5.41) is 27.3. The number of carboxylic acid groups (broad SMARTS) is 1. The van der Waals surface area contributed by atoms with E-state index in [0.717, 1.165) is 11.8 Å².